The molecule has 4 nitrogen and oxygen atoms in total. The van der Waals surface area contributed by atoms with Crippen LogP contribution >= 0.6 is 0 Å². The van der Waals surface area contributed by atoms with Crippen LogP contribution in [-0.2, 0) is 4.79 Å². The van der Waals surface area contributed by atoms with Crippen LogP contribution in [0.25, 0.3) is 0 Å². The number of rotatable bonds is 5. The first-order chi connectivity index (χ1) is 9.65. The van der Waals surface area contributed by atoms with E-state index >= 15 is 0 Å². The third kappa shape index (κ3) is 5.06. The van der Waals surface area contributed by atoms with Crippen molar-refractivity contribution >= 4 is 5.91 Å². The highest BCUT2D eigenvalue weighted by Crippen LogP contribution is 2.17. The highest BCUT2D eigenvalue weighted by atomic mass is 16.2. The lowest BCUT2D eigenvalue weighted by atomic mass is 9.97. The van der Waals surface area contributed by atoms with Gasteiger partial charge in [-0.05, 0) is 45.3 Å². The fraction of sp³-hybridized carbons (Fsp3) is 0.938. The molecule has 0 aromatic heterocycles. The molecule has 0 aliphatic carbocycles. The lowest BCUT2D eigenvalue weighted by Crippen LogP contribution is -2.42. The first kappa shape index (κ1) is 15.8. The minimum atomic E-state index is 0.313. The number of amides is 1. The summed E-state index contributed by atoms with van der Waals surface area (Å²) in [6.45, 7) is 7.01. The van der Waals surface area contributed by atoms with Crippen LogP contribution < -0.4 is 0 Å². The van der Waals surface area contributed by atoms with Gasteiger partial charge in [-0.1, -0.05) is 12.8 Å². The summed E-state index contributed by atoms with van der Waals surface area (Å²) < 4.78 is 0. The Kier molecular flexibility index (Phi) is 6.30. The molecule has 0 N–H and O–H groups in total. The zero-order chi connectivity index (χ0) is 14.4. The highest BCUT2D eigenvalue weighted by Gasteiger charge is 2.23. The Hall–Kier alpha value is -0.610. The fourth-order valence-electron chi connectivity index (χ4n) is 3.45. The van der Waals surface area contributed by atoms with E-state index in [-0.39, 0.29) is 0 Å². The van der Waals surface area contributed by atoms with Crippen LogP contribution in [0.1, 0.15) is 38.5 Å². The van der Waals surface area contributed by atoms with E-state index in [1.807, 2.05) is 11.9 Å². The predicted molar refractivity (Wildman–Crippen MR) is 82.8 cm³/mol. The van der Waals surface area contributed by atoms with E-state index in [1.165, 1.54) is 45.3 Å². The molecular formula is C16H31N3O. The number of carbonyl (C=O) groups excluding carboxylic acids is 1. The van der Waals surface area contributed by atoms with Crippen LogP contribution in [0.5, 0.6) is 0 Å². The molecule has 2 saturated heterocycles. The first-order valence-electron chi connectivity index (χ1n) is 8.30. The topological polar surface area (TPSA) is 26.8 Å². The largest absolute Gasteiger partial charge is 0.345 e. The molecule has 0 aromatic carbocycles. The van der Waals surface area contributed by atoms with Crippen molar-refractivity contribution in [3.05, 3.63) is 0 Å². The van der Waals surface area contributed by atoms with Crippen molar-refractivity contribution in [3.63, 3.8) is 0 Å². The van der Waals surface area contributed by atoms with Crippen LogP contribution in [0.3, 0.4) is 0 Å². The van der Waals surface area contributed by atoms with Crippen LogP contribution in [0.4, 0.5) is 0 Å². The molecule has 0 radical (unpaired) electrons. The van der Waals surface area contributed by atoms with E-state index in [9.17, 15) is 4.79 Å². The van der Waals surface area contributed by atoms with Crippen molar-refractivity contribution in [1.29, 1.82) is 0 Å². The van der Waals surface area contributed by atoms with Gasteiger partial charge in [-0.3, -0.25) is 4.79 Å². The number of nitrogens with zero attached hydrogens (tertiary/aromatic N) is 3. The number of likely N-dealkylation sites (N-methyl/N-ethyl adjacent to an activating group) is 1. The average Bonchev–Trinajstić information content (AvgIpc) is 2.69. The SMILES string of the molecule is CN(CCN1CCCCCC1)CC1CCC(=O)N(C)C1. The van der Waals surface area contributed by atoms with Crippen molar-refractivity contribution in [2.75, 3.05) is 53.4 Å². The van der Waals surface area contributed by atoms with Gasteiger partial charge in [0.1, 0.15) is 0 Å². The third-order valence-electron chi connectivity index (χ3n) is 4.79. The fourth-order valence-corrected chi connectivity index (χ4v) is 3.45. The average molecular weight is 281 g/mol. The summed E-state index contributed by atoms with van der Waals surface area (Å²) in [4.78, 5) is 18.5. The molecule has 116 valence electrons. The normalized spacial score (nSPS) is 26.1. The molecular weight excluding hydrogens is 250 g/mol. The van der Waals surface area contributed by atoms with Crippen LogP contribution in [-0.4, -0.2) is 74.0 Å². The molecule has 0 aromatic rings. The van der Waals surface area contributed by atoms with Gasteiger partial charge in [-0.2, -0.15) is 0 Å². The molecule has 2 fully saturated rings. The Morgan fingerprint density at radius 3 is 2.55 bits per heavy atom. The Morgan fingerprint density at radius 1 is 1.20 bits per heavy atom. The van der Waals surface area contributed by atoms with Crippen molar-refractivity contribution in [2.24, 2.45) is 5.92 Å². The van der Waals surface area contributed by atoms with Gasteiger partial charge < -0.3 is 14.7 Å². The zero-order valence-corrected chi connectivity index (χ0v) is 13.3. The maximum atomic E-state index is 11.5. The minimum absolute atomic E-state index is 0.313. The standard InChI is InChI=1S/C16H31N3O/c1-17(11-12-19-9-5-3-4-6-10-19)13-15-7-8-16(20)18(2)14-15/h15H,3-14H2,1-2H3. The van der Waals surface area contributed by atoms with Crippen molar-refractivity contribution in [1.82, 2.24) is 14.7 Å². The second kappa shape index (κ2) is 7.99. The molecule has 4 heteroatoms. The maximum Gasteiger partial charge on any atom is 0.222 e. The van der Waals surface area contributed by atoms with Crippen molar-refractivity contribution in [2.45, 2.75) is 38.5 Å². The van der Waals surface area contributed by atoms with E-state index in [0.717, 1.165) is 32.5 Å². The maximum absolute atomic E-state index is 11.5. The number of hydrogen-bond acceptors (Lipinski definition) is 3. The van der Waals surface area contributed by atoms with Crippen LogP contribution in [0, 0.1) is 5.92 Å². The Labute approximate surface area is 124 Å². The highest BCUT2D eigenvalue weighted by molar-refractivity contribution is 5.76. The van der Waals surface area contributed by atoms with E-state index in [0.29, 0.717) is 11.8 Å². The summed E-state index contributed by atoms with van der Waals surface area (Å²) in [6.07, 6.45) is 7.38. The molecule has 0 bridgehead atoms. The molecule has 1 amide bonds. The lowest BCUT2D eigenvalue weighted by Gasteiger charge is -2.33. The molecule has 2 aliphatic heterocycles. The third-order valence-corrected chi connectivity index (χ3v) is 4.79. The lowest BCUT2D eigenvalue weighted by molar-refractivity contribution is -0.133. The monoisotopic (exact) mass is 281 g/mol. The molecule has 20 heavy (non-hydrogen) atoms. The molecule has 1 unspecified atom stereocenters. The molecule has 2 heterocycles. The summed E-state index contributed by atoms with van der Waals surface area (Å²) in [5.41, 5.74) is 0. The molecule has 2 rings (SSSR count). The van der Waals surface area contributed by atoms with E-state index in [2.05, 4.69) is 16.8 Å². The number of carbonyl (C=O) groups is 1. The summed E-state index contributed by atoms with van der Waals surface area (Å²) in [5, 5.41) is 0. The minimum Gasteiger partial charge on any atom is -0.345 e. The smallest absolute Gasteiger partial charge is 0.222 e. The summed E-state index contributed by atoms with van der Waals surface area (Å²) in [6, 6.07) is 0. The van der Waals surface area contributed by atoms with Crippen LogP contribution in [0.2, 0.25) is 0 Å². The summed E-state index contributed by atoms with van der Waals surface area (Å²) in [7, 11) is 4.17. The van der Waals surface area contributed by atoms with Crippen molar-refractivity contribution in [3.8, 4) is 0 Å². The molecule has 1 atom stereocenters. The molecule has 2 aliphatic rings. The Balaban J connectivity index is 1.64. The molecule has 0 spiro atoms. The van der Waals surface area contributed by atoms with Gasteiger partial charge in [-0.25, -0.2) is 0 Å². The summed E-state index contributed by atoms with van der Waals surface area (Å²) in [5.74, 6) is 0.973. The zero-order valence-electron chi connectivity index (χ0n) is 13.3. The van der Waals surface area contributed by atoms with Crippen molar-refractivity contribution < 1.29 is 4.79 Å². The Morgan fingerprint density at radius 2 is 1.90 bits per heavy atom. The Bertz CT molecular complexity index is 300. The van der Waals surface area contributed by atoms with Gasteiger partial charge in [0.25, 0.3) is 0 Å². The molecule has 0 saturated carbocycles. The van der Waals surface area contributed by atoms with E-state index in [1.54, 1.807) is 0 Å². The van der Waals surface area contributed by atoms with Gasteiger partial charge in [0.2, 0.25) is 5.91 Å². The summed E-state index contributed by atoms with van der Waals surface area (Å²) >= 11 is 0. The first-order valence-corrected chi connectivity index (χ1v) is 8.30. The second-order valence-corrected chi connectivity index (χ2v) is 6.70. The number of hydrogen-bond donors (Lipinski definition) is 0. The van der Waals surface area contributed by atoms with Crippen LogP contribution in [0.15, 0.2) is 0 Å². The van der Waals surface area contributed by atoms with Gasteiger partial charge in [0.15, 0.2) is 0 Å². The number of piperidine rings is 1. The van der Waals surface area contributed by atoms with Gasteiger partial charge in [0, 0.05) is 39.6 Å². The number of likely N-dealkylation sites (tertiary alicyclic amines) is 2. The second-order valence-electron chi connectivity index (χ2n) is 6.70. The van der Waals surface area contributed by atoms with Gasteiger partial charge in [-0.15, -0.1) is 0 Å². The van der Waals surface area contributed by atoms with E-state index in [4.69, 9.17) is 0 Å². The van der Waals surface area contributed by atoms with E-state index < -0.39 is 0 Å². The quantitative estimate of drug-likeness (QED) is 0.767. The predicted octanol–water partition coefficient (Wildman–Crippen LogP) is 1.66. The van der Waals surface area contributed by atoms with Gasteiger partial charge in [0.05, 0.1) is 0 Å². The van der Waals surface area contributed by atoms with Gasteiger partial charge >= 0.3 is 0 Å².